The highest BCUT2D eigenvalue weighted by Crippen LogP contribution is 2.35. The fourth-order valence-electron chi connectivity index (χ4n) is 3.24. The predicted molar refractivity (Wildman–Crippen MR) is 101 cm³/mol. The summed E-state index contributed by atoms with van der Waals surface area (Å²) in [7, 11) is 1.49. The van der Waals surface area contributed by atoms with Gasteiger partial charge in [-0.1, -0.05) is 22.0 Å². The predicted octanol–water partition coefficient (Wildman–Crippen LogP) is 4.06. The van der Waals surface area contributed by atoms with E-state index in [-0.39, 0.29) is 16.8 Å². The number of methoxy groups -OCH3 is 1. The van der Waals surface area contributed by atoms with Gasteiger partial charge in [-0.25, -0.2) is 0 Å². The van der Waals surface area contributed by atoms with Gasteiger partial charge in [0.1, 0.15) is 6.04 Å². The molecule has 0 saturated carbocycles. The minimum absolute atomic E-state index is 0.114. The molecule has 0 aromatic heterocycles. The summed E-state index contributed by atoms with van der Waals surface area (Å²) in [6.07, 6.45) is 2.06. The highest BCUT2D eigenvalue weighted by atomic mass is 79.9. The summed E-state index contributed by atoms with van der Waals surface area (Å²) in [4.78, 5) is 14.7. The molecule has 1 aromatic rings. The summed E-state index contributed by atoms with van der Waals surface area (Å²) in [5.41, 5.74) is 2.63. The largest absolute Gasteiger partial charge is 0.468 e. The Kier molecular flexibility index (Phi) is 6.57. The van der Waals surface area contributed by atoms with E-state index in [1.165, 1.54) is 18.2 Å². The molecule has 23 heavy (non-hydrogen) atoms. The van der Waals surface area contributed by atoms with Crippen molar-refractivity contribution in [3.05, 3.63) is 33.8 Å². The van der Waals surface area contributed by atoms with Gasteiger partial charge in [0.15, 0.2) is 0 Å². The number of carbonyl (C=O) groups is 1. The van der Waals surface area contributed by atoms with Gasteiger partial charge >= 0.3 is 5.97 Å². The summed E-state index contributed by atoms with van der Waals surface area (Å²) < 4.78 is 6.09. The number of benzene rings is 1. The second-order valence-electron chi connectivity index (χ2n) is 6.59. The molecule has 0 amide bonds. The van der Waals surface area contributed by atoms with Crippen LogP contribution in [0.3, 0.4) is 0 Å². The van der Waals surface area contributed by atoms with Crippen LogP contribution in [0.15, 0.2) is 22.7 Å². The lowest BCUT2D eigenvalue weighted by molar-refractivity contribution is -0.148. The van der Waals surface area contributed by atoms with Crippen LogP contribution < -0.4 is 0 Å². The van der Waals surface area contributed by atoms with Gasteiger partial charge in [-0.05, 0) is 69.2 Å². The molecule has 1 atom stereocenters. The van der Waals surface area contributed by atoms with Gasteiger partial charge in [-0.3, -0.25) is 9.69 Å². The van der Waals surface area contributed by atoms with Gasteiger partial charge in [0.25, 0.3) is 0 Å². The molecule has 3 nitrogen and oxygen atoms in total. The van der Waals surface area contributed by atoms with Gasteiger partial charge in [-0.2, -0.15) is 11.8 Å². The normalized spacial score (nSPS) is 21.7. The molecule has 0 aliphatic carbocycles. The number of esters is 1. The maximum Gasteiger partial charge on any atom is 0.324 e. The molecule has 1 saturated heterocycles. The second-order valence-corrected chi connectivity index (χ2v) is 9.25. The molecular formula is C18H26BrNO2S. The molecule has 0 spiro atoms. The van der Waals surface area contributed by atoms with Gasteiger partial charge in [-0.15, -0.1) is 0 Å². The maximum absolute atomic E-state index is 12.4. The number of nitrogens with zero attached hydrogens (tertiary/aromatic N) is 1. The quantitative estimate of drug-likeness (QED) is 0.713. The van der Waals surface area contributed by atoms with Gasteiger partial charge < -0.3 is 4.74 Å². The van der Waals surface area contributed by atoms with Crippen molar-refractivity contribution in [1.82, 2.24) is 4.90 Å². The van der Waals surface area contributed by atoms with E-state index in [9.17, 15) is 4.79 Å². The number of hydrogen-bond donors (Lipinski definition) is 0. The molecule has 1 aromatic carbocycles. The van der Waals surface area contributed by atoms with Crippen molar-refractivity contribution in [3.63, 3.8) is 0 Å². The van der Waals surface area contributed by atoms with Crippen LogP contribution in [-0.4, -0.2) is 47.6 Å². The van der Waals surface area contributed by atoms with E-state index in [1.54, 1.807) is 0 Å². The van der Waals surface area contributed by atoms with Crippen molar-refractivity contribution < 1.29 is 9.53 Å². The number of rotatable bonds is 4. The number of aryl methyl sites for hydroxylation is 1. The van der Waals surface area contributed by atoms with Crippen LogP contribution >= 0.6 is 27.7 Å². The number of carbonyl (C=O) groups excluding carboxylic acids is 1. The third-order valence-corrected chi connectivity index (χ3v) is 6.44. The Morgan fingerprint density at radius 2 is 2.22 bits per heavy atom. The SMILES string of the molecule is COC(=O)[C@@H]1N(CCc2ccc(Br)cc2C)CCCSC1(C)C. The minimum Gasteiger partial charge on any atom is -0.468 e. The molecule has 1 heterocycles. The van der Waals surface area contributed by atoms with E-state index >= 15 is 0 Å². The van der Waals surface area contributed by atoms with E-state index in [2.05, 4.69) is 59.8 Å². The summed E-state index contributed by atoms with van der Waals surface area (Å²) in [5, 5.41) is 0. The van der Waals surface area contributed by atoms with Gasteiger partial charge in [0.05, 0.1) is 7.11 Å². The van der Waals surface area contributed by atoms with Crippen LogP contribution in [-0.2, 0) is 16.0 Å². The smallest absolute Gasteiger partial charge is 0.324 e. The summed E-state index contributed by atoms with van der Waals surface area (Å²) in [6, 6.07) is 6.22. The Bertz CT molecular complexity index is 562. The van der Waals surface area contributed by atoms with Crippen LogP contribution in [0, 0.1) is 6.92 Å². The van der Waals surface area contributed by atoms with Crippen LogP contribution in [0.25, 0.3) is 0 Å². The molecule has 2 rings (SSSR count). The fraction of sp³-hybridized carbons (Fsp3) is 0.611. The third-order valence-electron chi connectivity index (χ3n) is 4.48. The summed E-state index contributed by atoms with van der Waals surface area (Å²) >= 11 is 5.39. The first-order chi connectivity index (χ1) is 10.8. The molecule has 5 heteroatoms. The number of hydrogen-bond acceptors (Lipinski definition) is 4. The zero-order valence-electron chi connectivity index (χ0n) is 14.4. The number of halogens is 1. The van der Waals surface area contributed by atoms with Gasteiger partial charge in [0.2, 0.25) is 0 Å². The average molecular weight is 400 g/mol. The van der Waals surface area contributed by atoms with E-state index < -0.39 is 0 Å². The first-order valence-corrected chi connectivity index (χ1v) is 9.84. The van der Waals surface area contributed by atoms with Crippen molar-refractivity contribution in [2.45, 2.75) is 44.4 Å². The standard InChI is InChI=1S/C18H26BrNO2S/c1-13-12-15(19)7-6-14(13)8-10-20-9-5-11-23-18(2,3)16(20)17(21)22-4/h6-7,12,16H,5,8-11H2,1-4H3/t16-/m0/s1. The van der Waals surface area contributed by atoms with Crippen molar-refractivity contribution >= 4 is 33.7 Å². The molecule has 0 unspecified atom stereocenters. The minimum atomic E-state index is -0.184. The Balaban J connectivity index is 2.15. The van der Waals surface area contributed by atoms with Crippen LogP contribution in [0.2, 0.25) is 0 Å². The molecule has 0 bridgehead atoms. The number of thioether (sulfide) groups is 1. The maximum atomic E-state index is 12.4. The highest BCUT2D eigenvalue weighted by molar-refractivity contribution is 9.10. The molecular weight excluding hydrogens is 374 g/mol. The van der Waals surface area contributed by atoms with Crippen LogP contribution in [0.1, 0.15) is 31.4 Å². The zero-order valence-corrected chi connectivity index (χ0v) is 16.8. The Morgan fingerprint density at radius 1 is 1.48 bits per heavy atom. The van der Waals surface area contributed by atoms with E-state index in [0.29, 0.717) is 0 Å². The van der Waals surface area contributed by atoms with E-state index in [4.69, 9.17) is 4.74 Å². The van der Waals surface area contributed by atoms with E-state index in [0.717, 1.165) is 36.2 Å². The van der Waals surface area contributed by atoms with E-state index in [1.807, 2.05) is 11.8 Å². The highest BCUT2D eigenvalue weighted by Gasteiger charge is 2.42. The van der Waals surface area contributed by atoms with Gasteiger partial charge in [0, 0.05) is 15.8 Å². The Morgan fingerprint density at radius 3 is 2.87 bits per heavy atom. The van der Waals surface area contributed by atoms with Crippen molar-refractivity contribution in [3.8, 4) is 0 Å². The lowest BCUT2D eigenvalue weighted by Gasteiger charge is -2.37. The summed E-state index contributed by atoms with van der Waals surface area (Å²) in [6.45, 7) is 8.28. The second kappa shape index (κ2) is 8.04. The topological polar surface area (TPSA) is 29.5 Å². The third kappa shape index (κ3) is 4.74. The first kappa shape index (κ1) is 18.8. The Labute approximate surface area is 152 Å². The molecule has 0 N–H and O–H groups in total. The first-order valence-electron chi connectivity index (χ1n) is 8.06. The molecule has 128 valence electrons. The Hall–Kier alpha value is -0.520. The van der Waals surface area contributed by atoms with Crippen molar-refractivity contribution in [2.24, 2.45) is 0 Å². The molecule has 0 radical (unpaired) electrons. The molecule has 1 aliphatic rings. The lowest BCUT2D eigenvalue weighted by Crippen LogP contribution is -2.52. The lowest BCUT2D eigenvalue weighted by atomic mass is 9.99. The molecule has 1 fully saturated rings. The zero-order chi connectivity index (χ0) is 17.0. The van der Waals surface area contributed by atoms with Crippen molar-refractivity contribution in [2.75, 3.05) is 26.0 Å². The molecule has 1 aliphatic heterocycles. The number of ether oxygens (including phenoxy) is 1. The summed E-state index contributed by atoms with van der Waals surface area (Å²) in [5.74, 6) is 0.978. The average Bonchev–Trinajstić information content (AvgIpc) is 2.63. The fourth-order valence-corrected chi connectivity index (χ4v) is 4.92. The van der Waals surface area contributed by atoms with Crippen LogP contribution in [0.5, 0.6) is 0 Å². The monoisotopic (exact) mass is 399 g/mol. The van der Waals surface area contributed by atoms with Crippen LogP contribution in [0.4, 0.5) is 0 Å². The van der Waals surface area contributed by atoms with Crippen molar-refractivity contribution in [1.29, 1.82) is 0 Å².